The smallest absolute Gasteiger partial charge is 0.337 e. The van der Waals surface area contributed by atoms with E-state index in [2.05, 4.69) is 10.1 Å². The fraction of sp³-hybridized carbons (Fsp3) is 0.500. The van der Waals surface area contributed by atoms with Crippen molar-refractivity contribution in [2.45, 2.75) is 33.2 Å². The predicted octanol–water partition coefficient (Wildman–Crippen LogP) is 1.46. The Bertz CT molecular complexity index is 361. The minimum Gasteiger partial charge on any atom is -0.478 e. The summed E-state index contributed by atoms with van der Waals surface area (Å²) in [5, 5.41) is 11.9. The second kappa shape index (κ2) is 6.08. The van der Waals surface area contributed by atoms with Gasteiger partial charge in [-0.25, -0.2) is 9.59 Å². The molecule has 0 spiro atoms. The molecule has 5 nitrogen and oxygen atoms in total. The molecule has 0 radical (unpaired) electrons. The van der Waals surface area contributed by atoms with E-state index in [0.29, 0.717) is 0 Å². The number of hydrogen-bond acceptors (Lipinski definition) is 4. The second-order valence-electron chi connectivity index (χ2n) is 4.62. The fourth-order valence-corrected chi connectivity index (χ4v) is 0.913. The molecule has 0 aromatic heterocycles. The summed E-state index contributed by atoms with van der Waals surface area (Å²) >= 11 is 0. The number of carbonyl (C=O) groups is 2. The summed E-state index contributed by atoms with van der Waals surface area (Å²) in [5.41, 5.74) is -0.00653. The maximum absolute atomic E-state index is 11.1. The van der Waals surface area contributed by atoms with Crippen LogP contribution in [0.4, 0.5) is 0 Å². The lowest BCUT2D eigenvalue weighted by atomic mass is 10.1. The molecular formula is C12H19NO4. The van der Waals surface area contributed by atoms with Crippen molar-refractivity contribution in [2.24, 2.45) is 0 Å². The lowest BCUT2D eigenvalue weighted by Crippen LogP contribution is -2.31. The van der Waals surface area contributed by atoms with E-state index in [1.54, 1.807) is 0 Å². The summed E-state index contributed by atoms with van der Waals surface area (Å²) in [4.78, 5) is 22.1. The molecule has 0 bridgehead atoms. The Hall–Kier alpha value is -1.78. The van der Waals surface area contributed by atoms with Crippen LogP contribution in [0.5, 0.6) is 0 Å². The first-order chi connectivity index (χ1) is 7.67. The number of carbonyl (C=O) groups excluding carboxylic acids is 1. The molecular weight excluding hydrogens is 222 g/mol. The maximum atomic E-state index is 11.1. The van der Waals surface area contributed by atoms with E-state index in [1.165, 1.54) is 26.3 Å². The number of carboxylic acids is 1. The van der Waals surface area contributed by atoms with Crippen LogP contribution in [0.25, 0.3) is 0 Å². The summed E-state index contributed by atoms with van der Waals surface area (Å²) in [6, 6.07) is 0. The summed E-state index contributed by atoms with van der Waals surface area (Å²) in [7, 11) is 1.25. The number of rotatable bonds is 4. The van der Waals surface area contributed by atoms with Gasteiger partial charge in [0.2, 0.25) is 0 Å². The summed E-state index contributed by atoms with van der Waals surface area (Å²) in [6.45, 7) is 7.21. The molecule has 0 amide bonds. The Balaban J connectivity index is 5.01. The van der Waals surface area contributed by atoms with Gasteiger partial charge in [-0.15, -0.1) is 0 Å². The number of carboxylic acid groups (broad SMARTS) is 1. The zero-order valence-corrected chi connectivity index (χ0v) is 10.8. The molecule has 0 atom stereocenters. The van der Waals surface area contributed by atoms with Crippen molar-refractivity contribution in [3.8, 4) is 0 Å². The Morgan fingerprint density at radius 3 is 2.18 bits per heavy atom. The molecule has 2 N–H and O–H groups in total. The van der Waals surface area contributed by atoms with Crippen LogP contribution in [0.15, 0.2) is 23.4 Å². The van der Waals surface area contributed by atoms with Gasteiger partial charge in [-0.3, -0.25) is 0 Å². The summed E-state index contributed by atoms with van der Waals surface area (Å²) in [6.07, 6.45) is 2.64. The van der Waals surface area contributed by atoms with Crippen molar-refractivity contribution in [1.29, 1.82) is 0 Å². The van der Waals surface area contributed by atoms with E-state index in [9.17, 15) is 9.59 Å². The third-order valence-electron chi connectivity index (χ3n) is 1.79. The average molecular weight is 241 g/mol. The number of hydrogen-bond donors (Lipinski definition) is 2. The third-order valence-corrected chi connectivity index (χ3v) is 1.79. The average Bonchev–Trinajstić information content (AvgIpc) is 2.20. The molecule has 0 rings (SSSR count). The quantitative estimate of drug-likeness (QED) is 0.443. The van der Waals surface area contributed by atoms with Crippen molar-refractivity contribution in [2.75, 3.05) is 7.11 Å². The molecule has 0 aliphatic heterocycles. The highest BCUT2D eigenvalue weighted by atomic mass is 16.5. The molecule has 0 unspecified atom stereocenters. The molecule has 17 heavy (non-hydrogen) atoms. The van der Waals surface area contributed by atoms with Gasteiger partial charge in [-0.2, -0.15) is 0 Å². The van der Waals surface area contributed by atoms with Crippen LogP contribution in [0.3, 0.4) is 0 Å². The molecule has 0 aromatic carbocycles. The first kappa shape index (κ1) is 15.2. The number of nitrogens with one attached hydrogen (secondary N) is 1. The normalized spacial score (nSPS) is 13.2. The largest absolute Gasteiger partial charge is 0.478 e. The van der Waals surface area contributed by atoms with Gasteiger partial charge in [0.1, 0.15) is 0 Å². The second-order valence-corrected chi connectivity index (χ2v) is 4.62. The van der Waals surface area contributed by atoms with Crippen LogP contribution in [-0.4, -0.2) is 29.7 Å². The molecule has 0 saturated carbocycles. The van der Waals surface area contributed by atoms with Crippen molar-refractivity contribution in [1.82, 2.24) is 5.32 Å². The minimum atomic E-state index is -1.11. The number of aliphatic carboxylic acids is 1. The summed E-state index contributed by atoms with van der Waals surface area (Å²) < 4.78 is 4.49. The minimum absolute atomic E-state index is 0.00262. The van der Waals surface area contributed by atoms with E-state index in [0.717, 1.165) is 0 Å². The lowest BCUT2D eigenvalue weighted by molar-refractivity contribution is -0.136. The van der Waals surface area contributed by atoms with Crippen molar-refractivity contribution < 1.29 is 19.4 Å². The molecule has 5 heteroatoms. The molecule has 0 aliphatic carbocycles. The van der Waals surface area contributed by atoms with E-state index < -0.39 is 11.9 Å². The molecule has 0 aliphatic rings. The van der Waals surface area contributed by atoms with Crippen molar-refractivity contribution in [3.05, 3.63) is 23.4 Å². The highest BCUT2D eigenvalue weighted by molar-refractivity contribution is 5.95. The predicted molar refractivity (Wildman–Crippen MR) is 64.4 cm³/mol. The van der Waals surface area contributed by atoms with Crippen LogP contribution in [0, 0.1) is 0 Å². The van der Waals surface area contributed by atoms with E-state index >= 15 is 0 Å². The number of ether oxygens (including phenoxy) is 1. The number of esters is 1. The van der Waals surface area contributed by atoms with Crippen LogP contribution >= 0.6 is 0 Å². The molecule has 0 fully saturated rings. The van der Waals surface area contributed by atoms with Crippen LogP contribution in [0.1, 0.15) is 27.7 Å². The van der Waals surface area contributed by atoms with E-state index in [4.69, 9.17) is 5.11 Å². The maximum Gasteiger partial charge on any atom is 0.337 e. The Kier molecular flexibility index (Phi) is 5.44. The van der Waals surface area contributed by atoms with Crippen molar-refractivity contribution >= 4 is 11.9 Å². The highest BCUT2D eigenvalue weighted by Gasteiger charge is 2.11. The Morgan fingerprint density at radius 2 is 1.82 bits per heavy atom. The molecule has 96 valence electrons. The van der Waals surface area contributed by atoms with E-state index in [1.807, 2.05) is 20.8 Å². The SMILES string of the molecule is COC(=O)C(C)=CC(=CNC(C)(C)C)C(=O)O. The van der Waals surface area contributed by atoms with Gasteiger partial charge in [0, 0.05) is 17.3 Å². The highest BCUT2D eigenvalue weighted by Crippen LogP contribution is 2.06. The zero-order valence-electron chi connectivity index (χ0n) is 10.8. The van der Waals surface area contributed by atoms with Gasteiger partial charge < -0.3 is 15.2 Å². The van der Waals surface area contributed by atoms with Gasteiger partial charge in [0.15, 0.2) is 0 Å². The molecule has 0 aromatic rings. The molecule has 0 saturated heterocycles. The Morgan fingerprint density at radius 1 is 1.29 bits per heavy atom. The van der Waals surface area contributed by atoms with Crippen molar-refractivity contribution in [3.63, 3.8) is 0 Å². The van der Waals surface area contributed by atoms with Gasteiger partial charge in [-0.1, -0.05) is 0 Å². The first-order valence-electron chi connectivity index (χ1n) is 5.15. The monoisotopic (exact) mass is 241 g/mol. The third kappa shape index (κ3) is 6.40. The van der Waals surface area contributed by atoms with Gasteiger partial charge in [-0.05, 0) is 33.8 Å². The van der Waals surface area contributed by atoms with Gasteiger partial charge >= 0.3 is 11.9 Å². The Labute approximate surface area is 101 Å². The topological polar surface area (TPSA) is 75.6 Å². The molecule has 0 heterocycles. The standard InChI is InChI=1S/C12H19NO4/c1-8(11(16)17-5)6-9(10(14)15)7-13-12(2,3)4/h6-7,13H,1-5H3,(H,14,15). The van der Waals surface area contributed by atoms with E-state index in [-0.39, 0.29) is 16.7 Å². The van der Waals surface area contributed by atoms with Gasteiger partial charge in [0.05, 0.1) is 12.7 Å². The van der Waals surface area contributed by atoms with Crippen LogP contribution < -0.4 is 5.32 Å². The first-order valence-corrected chi connectivity index (χ1v) is 5.15. The lowest BCUT2D eigenvalue weighted by Gasteiger charge is -2.19. The summed E-state index contributed by atoms with van der Waals surface area (Å²) in [5.74, 6) is -1.65. The van der Waals surface area contributed by atoms with Crippen LogP contribution in [-0.2, 0) is 14.3 Å². The zero-order chi connectivity index (χ0) is 13.6. The van der Waals surface area contributed by atoms with Crippen LogP contribution in [0.2, 0.25) is 0 Å². The van der Waals surface area contributed by atoms with Gasteiger partial charge in [0.25, 0.3) is 0 Å². The number of methoxy groups -OCH3 is 1. The fourth-order valence-electron chi connectivity index (χ4n) is 0.913.